The number of rotatable bonds is 5. The number of ether oxygens (including phenoxy) is 1. The number of nitrogens with zero attached hydrogens (tertiary/aromatic N) is 3. The van der Waals surface area contributed by atoms with Crippen LogP contribution >= 0.6 is 0 Å². The summed E-state index contributed by atoms with van der Waals surface area (Å²) in [6.45, 7) is 2.64. The van der Waals surface area contributed by atoms with Gasteiger partial charge in [0.15, 0.2) is 5.75 Å². The number of aromatic nitrogens is 2. The summed E-state index contributed by atoms with van der Waals surface area (Å²) in [4.78, 5) is 11.3. The van der Waals surface area contributed by atoms with Crippen LogP contribution in [-0.4, -0.2) is 28.5 Å². The maximum absolute atomic E-state index is 6.01. The van der Waals surface area contributed by atoms with E-state index < -0.39 is 0 Å². The van der Waals surface area contributed by atoms with Crippen LogP contribution in [0.2, 0.25) is 0 Å². The number of nitrogens with one attached hydrogen (secondary N) is 1. The molecule has 0 bridgehead atoms. The molecule has 0 unspecified atom stereocenters. The molecule has 6 heteroatoms. The Morgan fingerprint density at radius 1 is 1.19 bits per heavy atom. The second kappa shape index (κ2) is 7.52. The van der Waals surface area contributed by atoms with Gasteiger partial charge in [-0.1, -0.05) is 36.4 Å². The molecular formula is C21H21N5O. The van der Waals surface area contributed by atoms with Gasteiger partial charge in [-0.3, -0.25) is 4.90 Å². The van der Waals surface area contributed by atoms with E-state index in [1.807, 2.05) is 6.07 Å². The van der Waals surface area contributed by atoms with Gasteiger partial charge in [0.25, 0.3) is 0 Å². The van der Waals surface area contributed by atoms with Gasteiger partial charge in [0.2, 0.25) is 5.95 Å². The highest BCUT2D eigenvalue weighted by Crippen LogP contribution is 2.25. The van der Waals surface area contributed by atoms with Crippen molar-refractivity contribution in [3.8, 4) is 5.75 Å². The Kier molecular flexibility index (Phi) is 4.77. The molecule has 0 atom stereocenters. The van der Waals surface area contributed by atoms with Crippen LogP contribution in [0.25, 0.3) is 0 Å². The highest BCUT2D eigenvalue weighted by molar-refractivity contribution is 5.62. The molecule has 2 aromatic carbocycles. The fourth-order valence-corrected chi connectivity index (χ4v) is 3.33. The molecule has 27 heavy (non-hydrogen) atoms. The van der Waals surface area contributed by atoms with Crippen molar-refractivity contribution in [2.24, 2.45) is 0 Å². The minimum Gasteiger partial charge on any atom is -0.494 e. The molecule has 0 fully saturated rings. The predicted octanol–water partition coefficient (Wildman–Crippen LogP) is 2.97. The fraction of sp³-hybridized carbons (Fsp3) is 0.238. The molecule has 0 saturated heterocycles. The van der Waals surface area contributed by atoms with Crippen molar-refractivity contribution >= 4 is 17.5 Å². The molecular weight excluding hydrogens is 338 g/mol. The van der Waals surface area contributed by atoms with Crippen LogP contribution in [0.5, 0.6) is 5.75 Å². The van der Waals surface area contributed by atoms with Crippen molar-refractivity contribution < 1.29 is 4.74 Å². The number of benzene rings is 1. The van der Waals surface area contributed by atoms with Gasteiger partial charge in [-0.25, -0.2) is 4.98 Å². The normalized spacial score (nSPS) is 13.5. The van der Waals surface area contributed by atoms with E-state index in [0.717, 1.165) is 37.4 Å². The first kappa shape index (κ1) is 17.1. The molecule has 1 aliphatic rings. The summed E-state index contributed by atoms with van der Waals surface area (Å²) in [7, 11) is 1.61. The van der Waals surface area contributed by atoms with Crippen LogP contribution in [0, 0.1) is 12.1 Å². The molecule has 0 amide bonds. The molecule has 3 N–H and O–H groups in total. The van der Waals surface area contributed by atoms with Gasteiger partial charge < -0.3 is 15.8 Å². The zero-order valence-electron chi connectivity index (χ0n) is 15.2. The quantitative estimate of drug-likeness (QED) is 0.729. The summed E-state index contributed by atoms with van der Waals surface area (Å²) in [5.74, 6) is 1.53. The molecule has 6 nitrogen and oxygen atoms in total. The third-order valence-corrected chi connectivity index (χ3v) is 4.63. The predicted molar refractivity (Wildman–Crippen MR) is 105 cm³/mol. The highest BCUT2D eigenvalue weighted by atomic mass is 16.5. The van der Waals surface area contributed by atoms with Crippen molar-refractivity contribution in [3.63, 3.8) is 0 Å². The Morgan fingerprint density at radius 2 is 2.00 bits per heavy atom. The number of anilines is 3. The Balaban J connectivity index is 1.51. The minimum absolute atomic E-state index is 0.436. The van der Waals surface area contributed by atoms with Crippen LogP contribution in [-0.2, 0) is 19.5 Å². The average molecular weight is 359 g/mol. The van der Waals surface area contributed by atoms with Crippen LogP contribution in [0.3, 0.4) is 0 Å². The maximum Gasteiger partial charge on any atom is 0.229 e. The number of methoxy groups -OCH3 is 1. The summed E-state index contributed by atoms with van der Waals surface area (Å²) in [6.07, 6.45) is 1.05. The lowest BCUT2D eigenvalue weighted by molar-refractivity contribution is 0.243. The molecule has 2 heterocycles. The Labute approximate surface area is 159 Å². The second-order valence-electron chi connectivity index (χ2n) is 6.52. The largest absolute Gasteiger partial charge is 0.494 e. The average Bonchev–Trinajstić information content (AvgIpc) is 2.68. The summed E-state index contributed by atoms with van der Waals surface area (Å²) in [5.41, 5.74) is 10.4. The van der Waals surface area contributed by atoms with E-state index in [2.05, 4.69) is 56.6 Å². The Morgan fingerprint density at radius 3 is 2.85 bits per heavy atom. The van der Waals surface area contributed by atoms with Gasteiger partial charge in [-0.2, -0.15) is 4.98 Å². The smallest absolute Gasteiger partial charge is 0.229 e. The SMILES string of the molecule is COc1cc#ccc1Nc1nc(N)cc(CN2CCc3ccccc3C2)n1. The molecule has 3 aromatic rings. The van der Waals surface area contributed by atoms with Gasteiger partial charge in [-0.15, -0.1) is 0 Å². The molecule has 4 rings (SSSR count). The molecule has 136 valence electrons. The summed E-state index contributed by atoms with van der Waals surface area (Å²) in [5, 5.41) is 3.16. The van der Waals surface area contributed by atoms with Crippen molar-refractivity contribution in [3.05, 3.63) is 71.4 Å². The lowest BCUT2D eigenvalue weighted by atomic mass is 10.00. The van der Waals surface area contributed by atoms with Crippen LogP contribution < -0.4 is 15.8 Å². The first-order valence-electron chi connectivity index (χ1n) is 8.86. The number of nitrogens with two attached hydrogens (primary N) is 1. The summed E-state index contributed by atoms with van der Waals surface area (Å²) < 4.78 is 5.32. The molecule has 0 saturated carbocycles. The van der Waals surface area contributed by atoms with Gasteiger partial charge in [0.05, 0.1) is 18.5 Å². The van der Waals surface area contributed by atoms with E-state index in [1.54, 1.807) is 19.2 Å². The van der Waals surface area contributed by atoms with Crippen LogP contribution in [0.15, 0.2) is 42.5 Å². The maximum atomic E-state index is 6.01. The lowest BCUT2D eigenvalue weighted by Gasteiger charge is -2.28. The van der Waals surface area contributed by atoms with Crippen molar-refractivity contribution in [2.75, 3.05) is 24.7 Å². The van der Waals surface area contributed by atoms with E-state index in [-0.39, 0.29) is 0 Å². The molecule has 0 spiro atoms. The lowest BCUT2D eigenvalue weighted by Crippen LogP contribution is -2.30. The van der Waals surface area contributed by atoms with E-state index in [4.69, 9.17) is 10.5 Å². The first-order valence-corrected chi connectivity index (χ1v) is 8.86. The van der Waals surface area contributed by atoms with Gasteiger partial charge >= 0.3 is 0 Å². The standard InChI is InChI=1S/C21H21N5O/c1-27-19-9-5-4-8-18(19)24-21-23-17(12-20(22)25-21)14-26-11-10-15-6-2-3-7-16(15)13-26/h2-3,6-9,12H,10-11,13-14H2,1H3,(H3,22,23,24,25). The Bertz CT molecular complexity index is 943. The topological polar surface area (TPSA) is 76.3 Å². The number of fused-ring (bicyclic) bond motifs is 1. The van der Waals surface area contributed by atoms with Gasteiger partial charge in [-0.05, 0) is 17.5 Å². The third kappa shape index (κ3) is 3.94. The third-order valence-electron chi connectivity index (χ3n) is 4.63. The molecule has 1 aliphatic heterocycles. The second-order valence-corrected chi connectivity index (χ2v) is 6.52. The number of hydrogen-bond acceptors (Lipinski definition) is 6. The number of hydrogen-bond donors (Lipinski definition) is 2. The zero-order valence-corrected chi connectivity index (χ0v) is 15.2. The summed E-state index contributed by atoms with van der Waals surface area (Å²) >= 11 is 0. The molecule has 0 radical (unpaired) electrons. The number of nitrogen functional groups attached to an aromatic ring is 1. The highest BCUT2D eigenvalue weighted by Gasteiger charge is 2.17. The van der Waals surface area contributed by atoms with Crippen molar-refractivity contribution in [2.45, 2.75) is 19.5 Å². The van der Waals surface area contributed by atoms with Crippen molar-refractivity contribution in [1.82, 2.24) is 14.9 Å². The van der Waals surface area contributed by atoms with Crippen molar-refractivity contribution in [1.29, 1.82) is 0 Å². The Hall–Kier alpha value is -3.30. The zero-order chi connectivity index (χ0) is 18.6. The first-order chi connectivity index (χ1) is 13.2. The molecule has 1 aromatic heterocycles. The van der Waals surface area contributed by atoms with Gasteiger partial charge in [0.1, 0.15) is 5.82 Å². The summed E-state index contributed by atoms with van der Waals surface area (Å²) in [6, 6.07) is 19.6. The monoisotopic (exact) mass is 359 g/mol. The fourth-order valence-electron chi connectivity index (χ4n) is 3.33. The van der Waals surface area contributed by atoms with Crippen LogP contribution in [0.4, 0.5) is 17.5 Å². The van der Waals surface area contributed by atoms with E-state index in [9.17, 15) is 0 Å². The van der Waals surface area contributed by atoms with Gasteiger partial charge in [0, 0.05) is 37.8 Å². The van der Waals surface area contributed by atoms with Crippen LogP contribution in [0.1, 0.15) is 16.8 Å². The van der Waals surface area contributed by atoms with E-state index in [0.29, 0.717) is 17.5 Å². The van der Waals surface area contributed by atoms with E-state index in [1.165, 1.54) is 11.1 Å². The molecule has 0 aliphatic carbocycles. The minimum atomic E-state index is 0.436. The van der Waals surface area contributed by atoms with E-state index >= 15 is 0 Å².